The summed E-state index contributed by atoms with van der Waals surface area (Å²) in [4.78, 5) is 4.96. The van der Waals surface area contributed by atoms with Crippen molar-refractivity contribution >= 4 is 104 Å². The van der Waals surface area contributed by atoms with E-state index in [2.05, 4.69) is 270 Å². The lowest BCUT2D eigenvalue weighted by Crippen LogP contribution is -2.37. The van der Waals surface area contributed by atoms with Crippen molar-refractivity contribution in [3.63, 3.8) is 0 Å². The van der Waals surface area contributed by atoms with Gasteiger partial charge in [0.05, 0.1) is 38.6 Å². The van der Waals surface area contributed by atoms with Crippen LogP contribution in [0, 0.1) is 13.8 Å². The van der Waals surface area contributed by atoms with Crippen LogP contribution in [0.4, 0.5) is 34.1 Å². The number of rotatable bonds is 9. The van der Waals surface area contributed by atoms with Gasteiger partial charge in [0.2, 0.25) is 0 Å². The fourth-order valence-electron chi connectivity index (χ4n) is 9.91. The maximum absolute atomic E-state index is 2.56. The Morgan fingerprint density at radius 2 is 0.746 bits per heavy atom. The highest BCUT2D eigenvalue weighted by molar-refractivity contribution is 6.89. The fourth-order valence-corrected chi connectivity index (χ4v) is 12.2. The lowest BCUT2D eigenvalue weighted by molar-refractivity contribution is 0.590. The summed E-state index contributed by atoms with van der Waals surface area (Å²) in [7, 11) is -3.07. The molecule has 0 aliphatic rings. The Hall–Kier alpha value is -6.67. The molecule has 0 atom stereocenters. The third kappa shape index (κ3) is 8.08. The van der Waals surface area contributed by atoms with Gasteiger partial charge in [-0.3, -0.25) is 0 Å². The molecule has 0 saturated heterocycles. The van der Waals surface area contributed by atoms with Gasteiger partial charge in [-0.25, -0.2) is 0 Å². The molecule has 1 heterocycles. The molecule has 0 saturated carbocycles. The van der Waals surface area contributed by atoms with Crippen LogP contribution in [0.1, 0.15) is 37.5 Å². The molecular weight excluding hydrogens is 843 g/mol. The zero-order valence-corrected chi connectivity index (χ0v) is 43.2. The molecule has 10 aromatic rings. The van der Waals surface area contributed by atoms with E-state index >= 15 is 0 Å². The average Bonchev–Trinajstić information content (AvgIpc) is 3.64. The predicted molar refractivity (Wildman–Crippen MR) is 299 cm³/mol. The summed E-state index contributed by atoms with van der Waals surface area (Å²) in [6, 6.07) is 69.3. The summed E-state index contributed by atoms with van der Waals surface area (Å²) < 4.78 is 2.56. The van der Waals surface area contributed by atoms with Crippen molar-refractivity contribution in [2.75, 3.05) is 9.80 Å². The van der Waals surface area contributed by atoms with Gasteiger partial charge in [-0.05, 0) is 108 Å². The first-order valence-corrected chi connectivity index (χ1v) is 30.9. The number of benzene rings is 9. The van der Waals surface area contributed by atoms with Gasteiger partial charge in [0.15, 0.2) is 0 Å². The molecule has 0 radical (unpaired) electrons. The van der Waals surface area contributed by atoms with E-state index in [4.69, 9.17) is 0 Å². The van der Waals surface area contributed by atoms with Crippen LogP contribution < -0.4 is 20.2 Å². The molecule has 0 spiro atoms. The first-order chi connectivity index (χ1) is 32.0. The van der Waals surface area contributed by atoms with Gasteiger partial charge in [-0.2, -0.15) is 0 Å². The summed E-state index contributed by atoms with van der Waals surface area (Å²) in [5.74, 6) is 0. The maximum Gasteiger partial charge on any atom is 0.0775 e. The van der Waals surface area contributed by atoms with E-state index in [1.807, 2.05) is 0 Å². The van der Waals surface area contributed by atoms with E-state index in [1.54, 1.807) is 0 Å². The molecule has 0 aliphatic heterocycles. The zero-order valence-electron chi connectivity index (χ0n) is 41.2. The molecule has 5 heteroatoms. The largest absolute Gasteiger partial charge is 0.310 e. The van der Waals surface area contributed by atoms with Crippen LogP contribution in [-0.2, 0) is 5.41 Å². The second kappa shape index (κ2) is 16.6. The second-order valence-corrected chi connectivity index (χ2v) is 31.9. The van der Waals surface area contributed by atoms with Crippen molar-refractivity contribution in [2.45, 2.75) is 79.3 Å². The Morgan fingerprint density at radius 1 is 0.388 bits per heavy atom. The first-order valence-electron chi connectivity index (χ1n) is 23.9. The molecule has 10 rings (SSSR count). The number of aromatic nitrogens is 1. The fraction of sp³-hybridized carbons (Fsp3) is 0.194. The molecular formula is C62H63N3Si2. The minimum Gasteiger partial charge on any atom is -0.310 e. The molecule has 1 aromatic heterocycles. The van der Waals surface area contributed by atoms with Crippen molar-refractivity contribution in [2.24, 2.45) is 0 Å². The summed E-state index contributed by atoms with van der Waals surface area (Å²) in [5, 5.41) is 10.3. The third-order valence-corrected chi connectivity index (χ3v) is 17.9. The van der Waals surface area contributed by atoms with Gasteiger partial charge < -0.3 is 14.4 Å². The summed E-state index contributed by atoms with van der Waals surface area (Å²) in [6.45, 7) is 25.8. The quantitative estimate of drug-likeness (QED) is 0.134. The number of hydrogen-bond acceptors (Lipinski definition) is 2. The average molecular weight is 906 g/mol. The van der Waals surface area contributed by atoms with Crippen LogP contribution in [-0.4, -0.2) is 20.7 Å². The number of hydrogen-bond donors (Lipinski definition) is 0. The number of aryl methyl sites for hydroxylation is 2. The molecule has 9 aromatic carbocycles. The van der Waals surface area contributed by atoms with Crippen molar-refractivity contribution < 1.29 is 0 Å². The van der Waals surface area contributed by atoms with Gasteiger partial charge in [-0.1, -0.05) is 191 Å². The van der Waals surface area contributed by atoms with E-state index in [0.717, 1.165) is 39.8 Å². The standard InChI is InChI=1S/C62H63N3Si2/c1-42-23-27-45(28-24-42)63(47-31-35-50(36-32-47)66(6,7)8)56-40-58-60(54-21-14-12-19-52(54)56)61-55-22-15-13-20-53(55)57(41-59(61)65(58)49-18-16-17-44(39-49)62(3,4)5)64(46-29-25-43(2)26-30-46)48-33-37-51(38-34-48)67(9,10)11/h12-41H,1-11H3. The van der Waals surface area contributed by atoms with E-state index in [0.29, 0.717) is 0 Å². The monoisotopic (exact) mass is 905 g/mol. The Morgan fingerprint density at radius 3 is 1.10 bits per heavy atom. The minimum atomic E-state index is -1.53. The van der Waals surface area contributed by atoms with Crippen LogP contribution >= 0.6 is 0 Å². The lowest BCUT2D eigenvalue weighted by atomic mass is 9.87. The third-order valence-electron chi connectivity index (χ3n) is 13.8. The highest BCUT2D eigenvalue weighted by atomic mass is 28.3. The van der Waals surface area contributed by atoms with E-state index in [9.17, 15) is 0 Å². The van der Waals surface area contributed by atoms with E-state index in [1.165, 1.54) is 70.4 Å². The molecule has 0 unspecified atom stereocenters. The summed E-state index contributed by atoms with van der Waals surface area (Å²) >= 11 is 0. The van der Waals surface area contributed by atoms with Crippen molar-refractivity contribution in [3.8, 4) is 5.69 Å². The number of fused-ring (bicyclic) bond motifs is 7. The molecule has 0 amide bonds. The Bertz CT molecular complexity index is 3250. The van der Waals surface area contributed by atoms with Gasteiger partial charge in [0.1, 0.15) is 0 Å². The second-order valence-electron chi connectivity index (χ2n) is 21.7. The smallest absolute Gasteiger partial charge is 0.0775 e. The molecule has 0 bridgehead atoms. The van der Waals surface area contributed by atoms with Crippen LogP contribution in [0.5, 0.6) is 0 Å². The van der Waals surface area contributed by atoms with E-state index in [-0.39, 0.29) is 5.41 Å². The van der Waals surface area contributed by atoms with Crippen LogP contribution in [0.25, 0.3) is 49.0 Å². The van der Waals surface area contributed by atoms with Crippen LogP contribution in [0.15, 0.2) is 182 Å². The highest BCUT2D eigenvalue weighted by Gasteiger charge is 2.27. The van der Waals surface area contributed by atoms with Crippen LogP contribution in [0.2, 0.25) is 39.3 Å². The normalized spacial score (nSPS) is 12.4. The highest BCUT2D eigenvalue weighted by Crippen LogP contribution is 2.50. The number of nitrogens with zero attached hydrogens (tertiary/aromatic N) is 3. The first kappa shape index (κ1) is 44.2. The van der Waals surface area contributed by atoms with Crippen LogP contribution in [0.3, 0.4) is 0 Å². The Balaban J connectivity index is 1.36. The molecule has 3 nitrogen and oxygen atoms in total. The molecule has 0 aliphatic carbocycles. The predicted octanol–water partition coefficient (Wildman–Crippen LogP) is 17.0. The zero-order chi connectivity index (χ0) is 47.0. The molecule has 67 heavy (non-hydrogen) atoms. The van der Waals surface area contributed by atoms with Gasteiger partial charge >= 0.3 is 0 Å². The molecule has 334 valence electrons. The number of anilines is 6. The van der Waals surface area contributed by atoms with Gasteiger partial charge in [0.25, 0.3) is 0 Å². The summed E-state index contributed by atoms with van der Waals surface area (Å²) in [5.41, 5.74) is 14.1. The van der Waals surface area contributed by atoms with Crippen molar-refractivity contribution in [1.29, 1.82) is 0 Å². The van der Waals surface area contributed by atoms with Gasteiger partial charge in [-0.15, -0.1) is 0 Å². The minimum absolute atomic E-state index is 0.0425. The van der Waals surface area contributed by atoms with Crippen molar-refractivity contribution in [1.82, 2.24) is 4.57 Å². The molecule has 0 N–H and O–H groups in total. The maximum atomic E-state index is 2.56. The Kier molecular flexibility index (Phi) is 10.9. The molecule has 0 fully saturated rings. The lowest BCUT2D eigenvalue weighted by Gasteiger charge is -2.28. The van der Waals surface area contributed by atoms with Crippen molar-refractivity contribution in [3.05, 3.63) is 199 Å². The summed E-state index contributed by atoms with van der Waals surface area (Å²) in [6.07, 6.45) is 0. The topological polar surface area (TPSA) is 11.4 Å². The van der Waals surface area contributed by atoms with E-state index < -0.39 is 16.1 Å². The van der Waals surface area contributed by atoms with Gasteiger partial charge in [0, 0.05) is 50.0 Å². The SMILES string of the molecule is Cc1ccc(N(c2ccc([Si](C)(C)C)cc2)c2cc3c(c4ccccc24)c2c4ccccc4c(N(c4ccc(C)cc4)c4ccc([Si](C)(C)C)cc4)cc2n3-c2cccc(C(C)(C)C)c2)cc1. The Labute approximate surface area is 400 Å².